The van der Waals surface area contributed by atoms with Gasteiger partial charge in [0, 0.05) is 49.2 Å². The molecule has 1 aliphatic rings. The van der Waals surface area contributed by atoms with Crippen LogP contribution in [-0.2, 0) is 11.8 Å². The van der Waals surface area contributed by atoms with Gasteiger partial charge < -0.3 is 24.8 Å². The number of nitrogens with one attached hydrogen (secondary N) is 2. The SMILES string of the molecule is C=NC(=N/C=C\C)C(C)Nc1cc(=O)n(C)c2ccc(Nc3nc(N4C[C@@H](C)O[C@@H](C)C4)ncc3Cl)cc12. The van der Waals surface area contributed by atoms with Gasteiger partial charge in [0.2, 0.25) is 5.95 Å². The maximum absolute atomic E-state index is 12.7. The maximum atomic E-state index is 12.7. The second kappa shape index (κ2) is 11.7. The standard InChI is InChI=1S/C27H33ClN8O2/c1-7-10-30-25(29-5)18(4)32-22-12-24(37)35(6)23-9-8-19(11-20(22)23)33-26-21(28)13-31-27(34-26)36-14-16(2)38-17(3)15-36/h7-13,16-18,32H,5,14-15H2,1-4,6H3,(H,31,33,34)/b10-7-,30-25?/t16-,17+,18?. The van der Waals surface area contributed by atoms with Crippen LogP contribution in [0.3, 0.4) is 0 Å². The van der Waals surface area contributed by atoms with Crippen LogP contribution in [0.25, 0.3) is 10.9 Å². The minimum atomic E-state index is -0.284. The van der Waals surface area contributed by atoms with Gasteiger partial charge in [-0.2, -0.15) is 4.98 Å². The highest BCUT2D eigenvalue weighted by atomic mass is 35.5. The summed E-state index contributed by atoms with van der Waals surface area (Å²) in [5, 5.41) is 7.92. The van der Waals surface area contributed by atoms with Gasteiger partial charge >= 0.3 is 0 Å². The average Bonchev–Trinajstić information content (AvgIpc) is 2.88. The Morgan fingerprint density at radius 3 is 2.71 bits per heavy atom. The molecular formula is C27H33ClN8O2. The first-order valence-corrected chi connectivity index (χ1v) is 12.8. The number of hydrogen-bond donors (Lipinski definition) is 2. The number of aliphatic imine (C=N–C) groups is 2. The fourth-order valence-electron chi connectivity index (χ4n) is 4.47. The molecule has 10 nitrogen and oxygen atoms in total. The summed E-state index contributed by atoms with van der Waals surface area (Å²) in [6.07, 6.45) is 5.23. The molecule has 0 amide bonds. The number of pyridine rings is 1. The number of fused-ring (bicyclic) bond motifs is 1. The monoisotopic (exact) mass is 536 g/mol. The number of hydrogen-bond acceptors (Lipinski definition) is 8. The third-order valence-electron chi connectivity index (χ3n) is 6.22. The number of allylic oxidation sites excluding steroid dienone is 1. The van der Waals surface area contributed by atoms with E-state index in [2.05, 4.69) is 37.2 Å². The Labute approximate surface area is 227 Å². The molecule has 3 heterocycles. The van der Waals surface area contributed by atoms with Crippen LogP contribution in [0.5, 0.6) is 0 Å². The molecule has 1 fully saturated rings. The molecule has 1 saturated heterocycles. The van der Waals surface area contributed by atoms with E-state index in [0.717, 1.165) is 16.6 Å². The molecule has 1 aromatic carbocycles. The third-order valence-corrected chi connectivity index (χ3v) is 6.50. The topological polar surface area (TPSA) is 109 Å². The van der Waals surface area contributed by atoms with Gasteiger partial charge in [-0.05, 0) is 52.6 Å². The van der Waals surface area contributed by atoms with E-state index in [4.69, 9.17) is 21.3 Å². The smallest absolute Gasteiger partial charge is 0.252 e. The molecule has 0 aliphatic carbocycles. The summed E-state index contributed by atoms with van der Waals surface area (Å²) in [6.45, 7) is 12.9. The molecule has 200 valence electrons. The van der Waals surface area contributed by atoms with Gasteiger partial charge in [-0.25, -0.2) is 15.0 Å². The van der Waals surface area contributed by atoms with E-state index in [-0.39, 0.29) is 23.8 Å². The van der Waals surface area contributed by atoms with Crippen molar-refractivity contribution in [2.45, 2.75) is 45.9 Å². The van der Waals surface area contributed by atoms with E-state index in [9.17, 15) is 4.79 Å². The van der Waals surface area contributed by atoms with E-state index in [0.29, 0.717) is 41.4 Å². The molecule has 11 heteroatoms. The Kier molecular flexibility index (Phi) is 8.43. The number of amidine groups is 1. The average molecular weight is 537 g/mol. The van der Waals surface area contributed by atoms with Crippen LogP contribution in [0.1, 0.15) is 27.7 Å². The number of benzene rings is 1. The van der Waals surface area contributed by atoms with E-state index in [1.165, 1.54) is 0 Å². The number of ether oxygens (including phenoxy) is 1. The molecule has 0 saturated carbocycles. The van der Waals surface area contributed by atoms with Gasteiger partial charge in [0.25, 0.3) is 5.56 Å². The molecule has 4 rings (SSSR count). The zero-order chi connectivity index (χ0) is 27.4. The van der Waals surface area contributed by atoms with Crippen molar-refractivity contribution >= 4 is 58.2 Å². The first-order valence-electron chi connectivity index (χ1n) is 12.5. The zero-order valence-electron chi connectivity index (χ0n) is 22.3. The number of aryl methyl sites for hydroxylation is 1. The predicted molar refractivity (Wildman–Crippen MR) is 157 cm³/mol. The minimum Gasteiger partial charge on any atom is -0.375 e. The Balaban J connectivity index is 1.68. The molecular weight excluding hydrogens is 504 g/mol. The summed E-state index contributed by atoms with van der Waals surface area (Å²) in [5.41, 5.74) is 2.04. The first kappa shape index (κ1) is 27.3. The molecule has 0 radical (unpaired) electrons. The molecule has 2 aromatic heterocycles. The Morgan fingerprint density at radius 1 is 1.29 bits per heavy atom. The normalized spacial score (nSPS) is 19.1. The summed E-state index contributed by atoms with van der Waals surface area (Å²) in [5.74, 6) is 1.59. The lowest BCUT2D eigenvalue weighted by molar-refractivity contribution is -0.00571. The Hall–Kier alpha value is -3.76. The highest BCUT2D eigenvalue weighted by Gasteiger charge is 2.24. The van der Waals surface area contributed by atoms with Crippen molar-refractivity contribution in [2.24, 2.45) is 17.0 Å². The lowest BCUT2D eigenvalue weighted by atomic mass is 10.1. The van der Waals surface area contributed by atoms with E-state index < -0.39 is 0 Å². The third kappa shape index (κ3) is 6.03. The van der Waals surface area contributed by atoms with Gasteiger partial charge in [0.15, 0.2) is 5.82 Å². The van der Waals surface area contributed by atoms with Crippen LogP contribution in [-0.4, -0.2) is 58.4 Å². The molecule has 0 spiro atoms. The van der Waals surface area contributed by atoms with Crippen LogP contribution in [0, 0.1) is 0 Å². The summed E-state index contributed by atoms with van der Waals surface area (Å²) >= 11 is 6.48. The van der Waals surface area contributed by atoms with E-state index >= 15 is 0 Å². The molecule has 1 unspecified atom stereocenters. The first-order chi connectivity index (χ1) is 18.2. The molecule has 0 bridgehead atoms. The summed E-state index contributed by atoms with van der Waals surface area (Å²) in [4.78, 5) is 32.3. The Bertz CT molecular complexity index is 1440. The lowest BCUT2D eigenvalue weighted by Gasteiger charge is -2.35. The second-order valence-electron chi connectivity index (χ2n) is 9.33. The zero-order valence-corrected chi connectivity index (χ0v) is 23.0. The van der Waals surface area contributed by atoms with Gasteiger partial charge in [0.1, 0.15) is 10.9 Å². The van der Waals surface area contributed by atoms with Gasteiger partial charge in [-0.3, -0.25) is 4.79 Å². The van der Waals surface area contributed by atoms with Crippen LogP contribution in [0.4, 0.5) is 23.1 Å². The van der Waals surface area contributed by atoms with Gasteiger partial charge in [-0.1, -0.05) is 17.7 Å². The highest BCUT2D eigenvalue weighted by Crippen LogP contribution is 2.30. The number of aromatic nitrogens is 3. The molecule has 38 heavy (non-hydrogen) atoms. The van der Waals surface area contributed by atoms with Crippen molar-refractivity contribution in [2.75, 3.05) is 28.6 Å². The van der Waals surface area contributed by atoms with Crippen molar-refractivity contribution in [3.8, 4) is 0 Å². The van der Waals surface area contributed by atoms with Gasteiger partial charge in [-0.15, -0.1) is 0 Å². The Morgan fingerprint density at radius 2 is 2.03 bits per heavy atom. The van der Waals surface area contributed by atoms with Crippen molar-refractivity contribution in [3.63, 3.8) is 0 Å². The summed E-state index contributed by atoms with van der Waals surface area (Å²) in [7, 11) is 1.74. The largest absolute Gasteiger partial charge is 0.375 e. The lowest BCUT2D eigenvalue weighted by Crippen LogP contribution is -2.46. The summed E-state index contributed by atoms with van der Waals surface area (Å²) in [6, 6.07) is 7.00. The van der Waals surface area contributed by atoms with E-state index in [1.807, 2.05) is 52.0 Å². The van der Waals surface area contributed by atoms with Crippen LogP contribution in [0.15, 0.2) is 57.5 Å². The van der Waals surface area contributed by atoms with Crippen molar-refractivity contribution < 1.29 is 4.74 Å². The van der Waals surface area contributed by atoms with Crippen LogP contribution >= 0.6 is 11.6 Å². The van der Waals surface area contributed by atoms with Crippen molar-refractivity contribution in [3.05, 3.63) is 58.1 Å². The summed E-state index contributed by atoms with van der Waals surface area (Å²) < 4.78 is 7.44. The number of nitrogens with zero attached hydrogens (tertiary/aromatic N) is 6. The quantitative estimate of drug-likeness (QED) is 0.330. The second-order valence-corrected chi connectivity index (χ2v) is 9.74. The van der Waals surface area contributed by atoms with E-state index in [1.54, 1.807) is 30.1 Å². The predicted octanol–water partition coefficient (Wildman–Crippen LogP) is 4.77. The van der Waals surface area contributed by atoms with Gasteiger partial charge in [0.05, 0.1) is 30.0 Å². The van der Waals surface area contributed by atoms with Crippen molar-refractivity contribution in [1.82, 2.24) is 14.5 Å². The number of halogens is 1. The fraction of sp³-hybridized carbons (Fsp3) is 0.370. The van der Waals surface area contributed by atoms with Crippen LogP contribution in [0.2, 0.25) is 5.02 Å². The minimum absolute atomic E-state index is 0.0785. The number of anilines is 4. The molecule has 3 atom stereocenters. The molecule has 2 N–H and O–H groups in total. The fourth-order valence-corrected chi connectivity index (χ4v) is 4.61. The maximum Gasteiger partial charge on any atom is 0.252 e. The number of morpholine rings is 1. The highest BCUT2D eigenvalue weighted by molar-refractivity contribution is 6.33. The molecule has 1 aliphatic heterocycles. The molecule has 3 aromatic rings. The van der Waals surface area contributed by atoms with Crippen LogP contribution < -0.4 is 21.1 Å². The van der Waals surface area contributed by atoms with Crippen molar-refractivity contribution in [1.29, 1.82) is 0 Å². The number of rotatable bonds is 7.